The number of thiazole rings is 1. The zero-order valence-electron chi connectivity index (χ0n) is 12.2. The topological polar surface area (TPSA) is 88.3 Å². The van der Waals surface area contributed by atoms with Crippen LogP contribution in [0.25, 0.3) is 10.6 Å². The summed E-state index contributed by atoms with van der Waals surface area (Å²) in [7, 11) is 3.28. The molecule has 2 rings (SSSR count). The van der Waals surface area contributed by atoms with Gasteiger partial charge in [0.15, 0.2) is 0 Å². The molecule has 0 aliphatic heterocycles. The maximum atomic E-state index is 12.4. The van der Waals surface area contributed by atoms with E-state index in [9.17, 15) is 9.59 Å². The number of aliphatic carboxylic acids is 1. The van der Waals surface area contributed by atoms with Crippen molar-refractivity contribution in [2.45, 2.75) is 19.9 Å². The molecular weight excluding hydrogens is 292 g/mol. The second kappa shape index (κ2) is 5.65. The molecule has 1 unspecified atom stereocenters. The van der Waals surface area contributed by atoms with Gasteiger partial charge in [-0.1, -0.05) is 0 Å². The average molecular weight is 308 g/mol. The van der Waals surface area contributed by atoms with Crippen LogP contribution in [0.5, 0.6) is 0 Å². The van der Waals surface area contributed by atoms with Crippen molar-refractivity contribution in [3.63, 3.8) is 0 Å². The average Bonchev–Trinajstić information content (AvgIpc) is 3.02. The zero-order valence-corrected chi connectivity index (χ0v) is 13.0. The quantitative estimate of drug-likeness (QED) is 0.922. The highest BCUT2D eigenvalue weighted by molar-refractivity contribution is 7.17. The number of carboxylic acid groups (broad SMARTS) is 1. The molecule has 0 saturated heterocycles. The summed E-state index contributed by atoms with van der Waals surface area (Å²) in [5.41, 5.74) is 1.42. The van der Waals surface area contributed by atoms with Crippen LogP contribution in [-0.2, 0) is 11.8 Å². The lowest BCUT2D eigenvalue weighted by Gasteiger charge is -2.20. The van der Waals surface area contributed by atoms with Gasteiger partial charge in [0.2, 0.25) is 0 Å². The first-order chi connectivity index (χ1) is 9.81. The van der Waals surface area contributed by atoms with Gasteiger partial charge in [0, 0.05) is 25.9 Å². The van der Waals surface area contributed by atoms with E-state index in [0.717, 1.165) is 5.56 Å². The Bertz CT molecular complexity index is 691. The van der Waals surface area contributed by atoms with E-state index < -0.39 is 12.0 Å². The Morgan fingerprint density at radius 2 is 2.14 bits per heavy atom. The lowest BCUT2D eigenvalue weighted by Crippen LogP contribution is -2.40. The summed E-state index contributed by atoms with van der Waals surface area (Å²) in [5, 5.41) is 13.8. The highest BCUT2D eigenvalue weighted by atomic mass is 32.1. The Balaban J connectivity index is 2.31. The minimum atomic E-state index is -1.04. The second-order valence-electron chi connectivity index (χ2n) is 4.77. The number of hydrogen-bond acceptors (Lipinski definition) is 5. The van der Waals surface area contributed by atoms with E-state index in [-0.39, 0.29) is 5.91 Å². The van der Waals surface area contributed by atoms with Gasteiger partial charge in [-0.15, -0.1) is 11.3 Å². The monoisotopic (exact) mass is 308 g/mol. The fraction of sp³-hybridized carbons (Fsp3) is 0.385. The van der Waals surface area contributed by atoms with Gasteiger partial charge in [-0.05, 0) is 13.8 Å². The minimum Gasteiger partial charge on any atom is -0.480 e. The molecule has 7 nitrogen and oxygen atoms in total. The summed E-state index contributed by atoms with van der Waals surface area (Å²) in [4.78, 5) is 29.4. The highest BCUT2D eigenvalue weighted by Gasteiger charge is 2.26. The molecule has 0 fully saturated rings. The van der Waals surface area contributed by atoms with E-state index in [4.69, 9.17) is 5.11 Å². The lowest BCUT2D eigenvalue weighted by atomic mass is 10.2. The number of aryl methyl sites for hydroxylation is 2. The largest absolute Gasteiger partial charge is 0.480 e. The van der Waals surface area contributed by atoms with Crippen molar-refractivity contribution >= 4 is 23.2 Å². The summed E-state index contributed by atoms with van der Waals surface area (Å²) < 4.78 is 1.66. The normalized spacial score (nSPS) is 12.2. The van der Waals surface area contributed by atoms with Crippen LogP contribution in [0.1, 0.15) is 22.3 Å². The molecule has 8 heteroatoms. The molecule has 0 saturated carbocycles. The molecule has 2 aromatic heterocycles. The molecule has 0 bridgehead atoms. The molecule has 0 spiro atoms. The van der Waals surface area contributed by atoms with Crippen molar-refractivity contribution in [2.75, 3.05) is 7.05 Å². The third kappa shape index (κ3) is 2.94. The van der Waals surface area contributed by atoms with E-state index in [1.807, 2.05) is 6.20 Å². The molecule has 0 aliphatic carbocycles. The van der Waals surface area contributed by atoms with Crippen molar-refractivity contribution in [2.24, 2.45) is 7.05 Å². The molecule has 1 amide bonds. The highest BCUT2D eigenvalue weighted by Crippen LogP contribution is 2.28. The van der Waals surface area contributed by atoms with Crippen molar-refractivity contribution in [3.05, 3.63) is 23.0 Å². The molecule has 112 valence electrons. The number of nitrogens with zero attached hydrogens (tertiary/aromatic N) is 4. The van der Waals surface area contributed by atoms with Gasteiger partial charge in [0.25, 0.3) is 5.91 Å². The number of carboxylic acids is 1. The number of hydrogen-bond donors (Lipinski definition) is 1. The van der Waals surface area contributed by atoms with E-state index in [1.165, 1.54) is 30.2 Å². The minimum absolute atomic E-state index is 0.338. The number of aromatic nitrogens is 3. The van der Waals surface area contributed by atoms with Gasteiger partial charge in [-0.3, -0.25) is 9.48 Å². The van der Waals surface area contributed by atoms with Crippen LogP contribution in [0.3, 0.4) is 0 Å². The van der Waals surface area contributed by atoms with Crippen LogP contribution in [0, 0.1) is 6.92 Å². The van der Waals surface area contributed by atoms with Crippen molar-refractivity contribution < 1.29 is 14.7 Å². The maximum absolute atomic E-state index is 12.4. The van der Waals surface area contributed by atoms with Crippen molar-refractivity contribution in [1.82, 2.24) is 19.7 Å². The predicted molar refractivity (Wildman–Crippen MR) is 78.2 cm³/mol. The molecular formula is C13H16N4O3S. The van der Waals surface area contributed by atoms with Crippen LogP contribution in [0.2, 0.25) is 0 Å². The van der Waals surface area contributed by atoms with Crippen LogP contribution < -0.4 is 0 Å². The summed E-state index contributed by atoms with van der Waals surface area (Å²) in [6.45, 7) is 3.21. The van der Waals surface area contributed by atoms with E-state index in [1.54, 1.807) is 24.9 Å². The number of carbonyl (C=O) groups is 2. The molecule has 2 heterocycles. The molecule has 0 aliphatic rings. The Labute approximate surface area is 125 Å². The first kappa shape index (κ1) is 15.2. The standard InChI is InChI=1S/C13H16N4O3S/c1-7-10(12(18)17(4)8(2)13(19)20)21-11(15-7)9-5-14-16(3)6-9/h5-6,8H,1-4H3,(H,19,20). The summed E-state index contributed by atoms with van der Waals surface area (Å²) in [6.07, 6.45) is 3.49. The Hall–Kier alpha value is -2.22. The number of rotatable bonds is 4. The Kier molecular flexibility index (Phi) is 4.08. The van der Waals surface area contributed by atoms with Crippen molar-refractivity contribution in [1.29, 1.82) is 0 Å². The molecule has 2 aromatic rings. The Morgan fingerprint density at radius 3 is 2.67 bits per heavy atom. The zero-order chi connectivity index (χ0) is 15.7. The van der Waals surface area contributed by atoms with Gasteiger partial charge in [-0.2, -0.15) is 5.10 Å². The third-order valence-corrected chi connectivity index (χ3v) is 4.40. The van der Waals surface area contributed by atoms with Crippen molar-refractivity contribution in [3.8, 4) is 10.6 Å². The predicted octanol–water partition coefficient (Wildman–Crippen LogP) is 1.40. The van der Waals surface area contributed by atoms with Crippen LogP contribution in [-0.4, -0.2) is 49.7 Å². The van der Waals surface area contributed by atoms with Crippen LogP contribution in [0.15, 0.2) is 12.4 Å². The van der Waals surface area contributed by atoms with E-state index in [0.29, 0.717) is 15.6 Å². The molecule has 0 radical (unpaired) electrons. The fourth-order valence-electron chi connectivity index (χ4n) is 1.75. The van der Waals surface area contributed by atoms with Gasteiger partial charge < -0.3 is 10.0 Å². The van der Waals surface area contributed by atoms with Crippen LogP contribution >= 0.6 is 11.3 Å². The third-order valence-electron chi connectivity index (χ3n) is 3.20. The lowest BCUT2D eigenvalue weighted by molar-refractivity contribution is -0.141. The summed E-state index contributed by atoms with van der Waals surface area (Å²) in [5.74, 6) is -1.38. The van der Waals surface area contributed by atoms with Gasteiger partial charge in [0.1, 0.15) is 15.9 Å². The van der Waals surface area contributed by atoms with Gasteiger partial charge in [-0.25, -0.2) is 9.78 Å². The first-order valence-corrected chi connectivity index (χ1v) is 7.09. The Morgan fingerprint density at radius 1 is 1.48 bits per heavy atom. The van der Waals surface area contributed by atoms with Gasteiger partial charge >= 0.3 is 5.97 Å². The van der Waals surface area contributed by atoms with Crippen LogP contribution in [0.4, 0.5) is 0 Å². The van der Waals surface area contributed by atoms with Gasteiger partial charge in [0.05, 0.1) is 11.9 Å². The number of likely N-dealkylation sites (N-methyl/N-ethyl adjacent to an activating group) is 1. The smallest absolute Gasteiger partial charge is 0.326 e. The van der Waals surface area contributed by atoms with E-state index >= 15 is 0 Å². The number of carbonyl (C=O) groups excluding carboxylic acids is 1. The number of amides is 1. The fourth-order valence-corrected chi connectivity index (χ4v) is 2.78. The summed E-state index contributed by atoms with van der Waals surface area (Å²) >= 11 is 1.24. The molecule has 1 N–H and O–H groups in total. The molecule has 21 heavy (non-hydrogen) atoms. The maximum Gasteiger partial charge on any atom is 0.326 e. The molecule has 0 aromatic carbocycles. The summed E-state index contributed by atoms with van der Waals surface area (Å²) in [6, 6.07) is -0.888. The first-order valence-electron chi connectivity index (χ1n) is 6.27. The SMILES string of the molecule is Cc1nc(-c2cnn(C)c2)sc1C(=O)N(C)C(C)C(=O)O. The van der Waals surface area contributed by atoms with E-state index in [2.05, 4.69) is 10.1 Å². The second-order valence-corrected chi connectivity index (χ2v) is 5.77. The molecule has 1 atom stereocenters.